The van der Waals surface area contributed by atoms with Crippen LogP contribution < -0.4 is 5.32 Å². The molecule has 3 nitrogen and oxygen atoms in total. The standard InChI is InChI=1S/C17H27N3/c1-14-5-7-16(8-6-14)18-9-11-19-13-17-4-3-10-20(17)12-15(19)2/h5-8,15,17-18H,3-4,9-13H2,1-2H3. The fourth-order valence-electron chi connectivity index (χ4n) is 3.57. The number of hydrogen-bond acceptors (Lipinski definition) is 3. The molecule has 2 aliphatic heterocycles. The molecule has 0 saturated carbocycles. The third kappa shape index (κ3) is 3.15. The number of fused-ring (bicyclic) bond motifs is 1. The van der Waals surface area contributed by atoms with Gasteiger partial charge in [0.15, 0.2) is 0 Å². The van der Waals surface area contributed by atoms with E-state index in [1.165, 1.54) is 43.7 Å². The van der Waals surface area contributed by atoms with Crippen LogP contribution in [-0.4, -0.2) is 54.6 Å². The summed E-state index contributed by atoms with van der Waals surface area (Å²) >= 11 is 0. The Kier molecular flexibility index (Phi) is 4.27. The number of nitrogens with one attached hydrogen (secondary N) is 1. The molecule has 2 unspecified atom stereocenters. The summed E-state index contributed by atoms with van der Waals surface area (Å²) < 4.78 is 0. The number of anilines is 1. The highest BCUT2D eigenvalue weighted by atomic mass is 15.3. The van der Waals surface area contributed by atoms with Gasteiger partial charge in [0.05, 0.1) is 0 Å². The number of aryl methyl sites for hydroxylation is 1. The average molecular weight is 273 g/mol. The second-order valence-electron chi connectivity index (χ2n) is 6.43. The zero-order valence-corrected chi connectivity index (χ0v) is 12.8. The van der Waals surface area contributed by atoms with Crippen molar-refractivity contribution in [1.82, 2.24) is 9.80 Å². The molecular weight excluding hydrogens is 246 g/mol. The molecule has 2 aliphatic rings. The van der Waals surface area contributed by atoms with E-state index in [4.69, 9.17) is 0 Å². The molecule has 2 fully saturated rings. The lowest BCUT2D eigenvalue weighted by molar-refractivity contribution is 0.0627. The molecule has 20 heavy (non-hydrogen) atoms. The molecule has 0 spiro atoms. The van der Waals surface area contributed by atoms with E-state index in [0.29, 0.717) is 6.04 Å². The van der Waals surface area contributed by atoms with Crippen molar-refractivity contribution in [3.8, 4) is 0 Å². The van der Waals surface area contributed by atoms with Gasteiger partial charge in [-0.05, 0) is 45.4 Å². The smallest absolute Gasteiger partial charge is 0.0340 e. The summed E-state index contributed by atoms with van der Waals surface area (Å²) in [4.78, 5) is 5.35. The average Bonchev–Trinajstić information content (AvgIpc) is 2.88. The molecule has 0 radical (unpaired) electrons. The van der Waals surface area contributed by atoms with Crippen LogP contribution in [0.4, 0.5) is 5.69 Å². The van der Waals surface area contributed by atoms with Crippen LogP contribution in [0.15, 0.2) is 24.3 Å². The Morgan fingerprint density at radius 1 is 1.20 bits per heavy atom. The predicted molar refractivity (Wildman–Crippen MR) is 85.3 cm³/mol. The van der Waals surface area contributed by atoms with Gasteiger partial charge in [-0.15, -0.1) is 0 Å². The topological polar surface area (TPSA) is 18.5 Å². The summed E-state index contributed by atoms with van der Waals surface area (Å²) in [6.07, 6.45) is 2.79. The van der Waals surface area contributed by atoms with Gasteiger partial charge in [0, 0.05) is 44.0 Å². The minimum Gasteiger partial charge on any atom is -0.384 e. The minimum absolute atomic E-state index is 0.698. The first kappa shape index (κ1) is 13.9. The number of hydrogen-bond donors (Lipinski definition) is 1. The number of nitrogens with zero attached hydrogens (tertiary/aromatic N) is 2. The molecule has 0 amide bonds. The van der Waals surface area contributed by atoms with Gasteiger partial charge in [-0.1, -0.05) is 17.7 Å². The van der Waals surface area contributed by atoms with E-state index in [0.717, 1.165) is 19.1 Å². The maximum atomic E-state index is 3.54. The molecule has 110 valence electrons. The first-order valence-electron chi connectivity index (χ1n) is 8.01. The van der Waals surface area contributed by atoms with Gasteiger partial charge in [-0.25, -0.2) is 0 Å². The van der Waals surface area contributed by atoms with Crippen molar-refractivity contribution in [1.29, 1.82) is 0 Å². The van der Waals surface area contributed by atoms with Gasteiger partial charge in [-0.2, -0.15) is 0 Å². The Bertz CT molecular complexity index is 428. The van der Waals surface area contributed by atoms with E-state index in [-0.39, 0.29) is 0 Å². The van der Waals surface area contributed by atoms with Crippen molar-refractivity contribution >= 4 is 5.69 Å². The summed E-state index contributed by atoms with van der Waals surface area (Å²) in [6.45, 7) is 10.5. The third-order valence-corrected chi connectivity index (χ3v) is 4.85. The third-order valence-electron chi connectivity index (χ3n) is 4.85. The first-order valence-corrected chi connectivity index (χ1v) is 8.01. The van der Waals surface area contributed by atoms with Crippen LogP contribution in [0.2, 0.25) is 0 Å². The van der Waals surface area contributed by atoms with Crippen molar-refractivity contribution in [3.05, 3.63) is 29.8 Å². The molecule has 1 aromatic carbocycles. The maximum absolute atomic E-state index is 3.54. The molecule has 0 bridgehead atoms. The Morgan fingerprint density at radius 2 is 2.00 bits per heavy atom. The second-order valence-corrected chi connectivity index (χ2v) is 6.43. The molecular formula is C17H27N3. The van der Waals surface area contributed by atoms with Crippen molar-refractivity contribution < 1.29 is 0 Å². The van der Waals surface area contributed by atoms with Crippen LogP contribution in [-0.2, 0) is 0 Å². The fraction of sp³-hybridized carbons (Fsp3) is 0.647. The van der Waals surface area contributed by atoms with Crippen molar-refractivity contribution in [3.63, 3.8) is 0 Å². The minimum atomic E-state index is 0.698. The van der Waals surface area contributed by atoms with E-state index in [1.54, 1.807) is 0 Å². The van der Waals surface area contributed by atoms with E-state index in [9.17, 15) is 0 Å². The van der Waals surface area contributed by atoms with E-state index in [2.05, 4.69) is 53.2 Å². The number of piperazine rings is 1. The van der Waals surface area contributed by atoms with Gasteiger partial charge < -0.3 is 5.32 Å². The van der Waals surface area contributed by atoms with Gasteiger partial charge in [0.25, 0.3) is 0 Å². The summed E-state index contributed by atoms with van der Waals surface area (Å²) in [7, 11) is 0. The van der Waals surface area contributed by atoms with Gasteiger partial charge in [-0.3, -0.25) is 9.80 Å². The van der Waals surface area contributed by atoms with E-state index >= 15 is 0 Å². The fourth-order valence-corrected chi connectivity index (χ4v) is 3.57. The largest absolute Gasteiger partial charge is 0.384 e. The molecule has 2 heterocycles. The van der Waals surface area contributed by atoms with Crippen molar-refractivity contribution in [2.75, 3.05) is 38.0 Å². The lowest BCUT2D eigenvalue weighted by Crippen LogP contribution is -2.55. The van der Waals surface area contributed by atoms with E-state index < -0.39 is 0 Å². The molecule has 2 atom stereocenters. The van der Waals surface area contributed by atoms with Crippen LogP contribution >= 0.6 is 0 Å². The number of benzene rings is 1. The van der Waals surface area contributed by atoms with Crippen LogP contribution in [0, 0.1) is 6.92 Å². The maximum Gasteiger partial charge on any atom is 0.0340 e. The number of rotatable bonds is 4. The highest BCUT2D eigenvalue weighted by molar-refractivity contribution is 5.44. The highest BCUT2D eigenvalue weighted by Gasteiger charge is 2.33. The van der Waals surface area contributed by atoms with Gasteiger partial charge >= 0.3 is 0 Å². The molecule has 2 saturated heterocycles. The Balaban J connectivity index is 1.47. The second kappa shape index (κ2) is 6.15. The van der Waals surface area contributed by atoms with Crippen LogP contribution in [0.1, 0.15) is 25.3 Å². The van der Waals surface area contributed by atoms with Crippen molar-refractivity contribution in [2.45, 2.75) is 38.8 Å². The summed E-state index contributed by atoms with van der Waals surface area (Å²) in [5.41, 5.74) is 2.56. The van der Waals surface area contributed by atoms with Crippen LogP contribution in [0.3, 0.4) is 0 Å². The Hall–Kier alpha value is -1.06. The molecule has 3 heteroatoms. The van der Waals surface area contributed by atoms with Crippen LogP contribution in [0.25, 0.3) is 0 Å². The lowest BCUT2D eigenvalue weighted by atomic mass is 10.1. The highest BCUT2D eigenvalue weighted by Crippen LogP contribution is 2.24. The molecule has 1 N–H and O–H groups in total. The Labute approximate surface area is 123 Å². The lowest BCUT2D eigenvalue weighted by Gasteiger charge is -2.42. The normalized spacial score (nSPS) is 27.5. The summed E-state index contributed by atoms with van der Waals surface area (Å²) in [5.74, 6) is 0. The van der Waals surface area contributed by atoms with Crippen molar-refractivity contribution in [2.24, 2.45) is 0 Å². The van der Waals surface area contributed by atoms with Crippen LogP contribution in [0.5, 0.6) is 0 Å². The molecule has 0 aromatic heterocycles. The summed E-state index contributed by atoms with van der Waals surface area (Å²) in [6, 6.07) is 10.2. The zero-order chi connectivity index (χ0) is 13.9. The van der Waals surface area contributed by atoms with Gasteiger partial charge in [0.1, 0.15) is 0 Å². The first-order chi connectivity index (χ1) is 9.72. The zero-order valence-electron chi connectivity index (χ0n) is 12.8. The van der Waals surface area contributed by atoms with Gasteiger partial charge in [0.2, 0.25) is 0 Å². The predicted octanol–water partition coefficient (Wildman–Crippen LogP) is 2.58. The quantitative estimate of drug-likeness (QED) is 0.909. The monoisotopic (exact) mass is 273 g/mol. The molecule has 1 aromatic rings. The molecule has 3 rings (SSSR count). The molecule has 0 aliphatic carbocycles. The Morgan fingerprint density at radius 3 is 2.80 bits per heavy atom. The summed E-state index contributed by atoms with van der Waals surface area (Å²) in [5, 5.41) is 3.54. The van der Waals surface area contributed by atoms with E-state index in [1.807, 2.05) is 0 Å². The SMILES string of the molecule is Cc1ccc(NCCN2CC3CCCN3CC2C)cc1.